The first-order valence-corrected chi connectivity index (χ1v) is 12.4. The van der Waals surface area contributed by atoms with Crippen LogP contribution < -0.4 is 9.64 Å². The van der Waals surface area contributed by atoms with Gasteiger partial charge >= 0.3 is 0 Å². The van der Waals surface area contributed by atoms with Crippen molar-refractivity contribution in [3.8, 4) is 22.7 Å². The Kier molecular flexibility index (Phi) is 6.70. The van der Waals surface area contributed by atoms with Gasteiger partial charge in [0.15, 0.2) is 0 Å². The van der Waals surface area contributed by atoms with Crippen LogP contribution >= 0.6 is 11.6 Å². The zero-order valence-electron chi connectivity index (χ0n) is 20.7. The molecule has 36 heavy (non-hydrogen) atoms. The lowest BCUT2D eigenvalue weighted by Crippen LogP contribution is -2.49. The number of nitrogens with zero attached hydrogens (tertiary/aromatic N) is 4. The summed E-state index contributed by atoms with van der Waals surface area (Å²) in [4.78, 5) is 18.0. The van der Waals surface area contributed by atoms with E-state index in [1.54, 1.807) is 11.8 Å². The van der Waals surface area contributed by atoms with Crippen LogP contribution in [0, 0.1) is 13.8 Å². The maximum atomic E-state index is 13.8. The van der Waals surface area contributed by atoms with Gasteiger partial charge in [0.2, 0.25) is 0 Å². The molecule has 1 aliphatic rings. The van der Waals surface area contributed by atoms with Gasteiger partial charge in [-0.2, -0.15) is 5.10 Å². The van der Waals surface area contributed by atoms with Crippen molar-refractivity contribution in [2.45, 2.75) is 13.8 Å². The number of aromatic nitrogens is 2. The molecule has 1 aliphatic heterocycles. The number of rotatable bonds is 5. The van der Waals surface area contributed by atoms with Crippen LogP contribution in [0.5, 0.6) is 5.75 Å². The lowest BCUT2D eigenvalue weighted by Gasteiger charge is -2.36. The second-order valence-electron chi connectivity index (χ2n) is 9.06. The Labute approximate surface area is 216 Å². The number of halogens is 1. The summed E-state index contributed by atoms with van der Waals surface area (Å²) in [6.07, 6.45) is 0. The highest BCUT2D eigenvalue weighted by atomic mass is 35.5. The third-order valence-corrected chi connectivity index (χ3v) is 7.01. The van der Waals surface area contributed by atoms with Crippen LogP contribution in [-0.4, -0.2) is 53.9 Å². The Morgan fingerprint density at radius 1 is 0.889 bits per heavy atom. The van der Waals surface area contributed by atoms with Crippen LogP contribution in [0.3, 0.4) is 0 Å². The van der Waals surface area contributed by atoms with Crippen LogP contribution in [0.25, 0.3) is 16.9 Å². The predicted octanol–water partition coefficient (Wildman–Crippen LogP) is 5.78. The van der Waals surface area contributed by atoms with E-state index in [4.69, 9.17) is 21.4 Å². The summed E-state index contributed by atoms with van der Waals surface area (Å²) in [7, 11) is 1.68. The molecule has 2 heterocycles. The number of amides is 1. The van der Waals surface area contributed by atoms with E-state index in [2.05, 4.69) is 36.9 Å². The lowest BCUT2D eigenvalue weighted by atomic mass is 10.0. The number of hydrogen-bond donors (Lipinski definition) is 0. The van der Waals surface area contributed by atoms with E-state index in [-0.39, 0.29) is 5.91 Å². The molecular weight excluding hydrogens is 472 g/mol. The first-order chi connectivity index (χ1) is 17.4. The summed E-state index contributed by atoms with van der Waals surface area (Å²) in [5.74, 6) is 0.798. The van der Waals surface area contributed by atoms with Crippen LogP contribution in [0.1, 0.15) is 21.6 Å². The third-order valence-electron chi connectivity index (χ3n) is 6.78. The molecule has 3 aromatic carbocycles. The quantitative estimate of drug-likeness (QED) is 0.348. The number of aryl methyl sites for hydroxylation is 2. The summed E-state index contributed by atoms with van der Waals surface area (Å²) >= 11 is 6.28. The maximum absolute atomic E-state index is 13.8. The van der Waals surface area contributed by atoms with Crippen molar-refractivity contribution in [1.29, 1.82) is 0 Å². The fourth-order valence-corrected chi connectivity index (χ4v) is 4.77. The molecule has 1 fully saturated rings. The number of piperazine rings is 1. The molecule has 7 heteroatoms. The van der Waals surface area contributed by atoms with Crippen molar-refractivity contribution in [2.24, 2.45) is 0 Å². The Balaban J connectivity index is 1.45. The van der Waals surface area contributed by atoms with E-state index in [1.807, 2.05) is 59.5 Å². The minimum atomic E-state index is -0.0442. The molecule has 0 atom stereocenters. The molecule has 1 saturated heterocycles. The first kappa shape index (κ1) is 23.9. The van der Waals surface area contributed by atoms with Crippen molar-refractivity contribution >= 4 is 23.2 Å². The van der Waals surface area contributed by atoms with Crippen molar-refractivity contribution in [3.05, 3.63) is 94.6 Å². The zero-order valence-corrected chi connectivity index (χ0v) is 21.5. The highest BCUT2D eigenvalue weighted by Crippen LogP contribution is 2.29. The number of ether oxygens (including phenoxy) is 1. The minimum absolute atomic E-state index is 0.0442. The number of benzene rings is 3. The largest absolute Gasteiger partial charge is 0.495 e. The molecular formula is C29H29ClN4O2. The number of carbonyl (C=O) groups is 1. The molecule has 5 rings (SSSR count). The van der Waals surface area contributed by atoms with Gasteiger partial charge in [-0.3, -0.25) is 4.79 Å². The second kappa shape index (κ2) is 10.1. The van der Waals surface area contributed by atoms with Gasteiger partial charge in [-0.1, -0.05) is 41.9 Å². The lowest BCUT2D eigenvalue weighted by molar-refractivity contribution is 0.0737. The van der Waals surface area contributed by atoms with E-state index in [1.165, 1.54) is 11.1 Å². The molecule has 0 saturated carbocycles. The van der Waals surface area contributed by atoms with E-state index in [0.717, 1.165) is 41.5 Å². The number of anilines is 1. The average Bonchev–Trinajstić information content (AvgIpc) is 3.35. The van der Waals surface area contributed by atoms with Crippen LogP contribution in [0.2, 0.25) is 5.02 Å². The molecule has 0 unspecified atom stereocenters. The molecule has 6 nitrogen and oxygen atoms in total. The molecule has 184 valence electrons. The van der Waals surface area contributed by atoms with E-state index < -0.39 is 0 Å². The fraction of sp³-hybridized carbons (Fsp3) is 0.241. The fourth-order valence-electron chi connectivity index (χ4n) is 4.58. The van der Waals surface area contributed by atoms with E-state index in [0.29, 0.717) is 23.8 Å². The standard InChI is InChI=1S/C29H29ClN4O2/c1-20-11-12-22(17-21(20)2)25-19-27(34(31-25)24-8-6-7-23(30)18-24)29(35)33-15-13-32(14-16-33)26-9-4-5-10-28(26)36-3/h4-12,17-19H,13-16H2,1-3H3. The smallest absolute Gasteiger partial charge is 0.272 e. The highest BCUT2D eigenvalue weighted by Gasteiger charge is 2.27. The highest BCUT2D eigenvalue weighted by molar-refractivity contribution is 6.30. The molecule has 1 aromatic heterocycles. The maximum Gasteiger partial charge on any atom is 0.272 e. The monoisotopic (exact) mass is 500 g/mol. The molecule has 4 aromatic rings. The van der Waals surface area contributed by atoms with Crippen molar-refractivity contribution in [2.75, 3.05) is 38.2 Å². The number of methoxy groups -OCH3 is 1. The summed E-state index contributed by atoms with van der Waals surface area (Å²) in [6.45, 7) is 6.83. The van der Waals surface area contributed by atoms with Gasteiger partial charge < -0.3 is 14.5 Å². The Morgan fingerprint density at radius 2 is 1.67 bits per heavy atom. The van der Waals surface area contributed by atoms with Gasteiger partial charge in [-0.15, -0.1) is 0 Å². The van der Waals surface area contributed by atoms with Crippen molar-refractivity contribution in [1.82, 2.24) is 14.7 Å². The number of carbonyl (C=O) groups excluding carboxylic acids is 1. The van der Waals surface area contributed by atoms with Gasteiger partial charge in [0.25, 0.3) is 5.91 Å². The van der Waals surface area contributed by atoms with Gasteiger partial charge in [-0.05, 0) is 67.4 Å². The van der Waals surface area contributed by atoms with Gasteiger partial charge in [0, 0.05) is 36.8 Å². The Bertz CT molecular complexity index is 1410. The second-order valence-corrected chi connectivity index (χ2v) is 9.49. The summed E-state index contributed by atoms with van der Waals surface area (Å²) < 4.78 is 7.25. The van der Waals surface area contributed by atoms with Crippen LogP contribution in [0.4, 0.5) is 5.69 Å². The molecule has 0 N–H and O–H groups in total. The SMILES string of the molecule is COc1ccccc1N1CCN(C(=O)c2cc(-c3ccc(C)c(C)c3)nn2-c2cccc(Cl)c2)CC1. The molecule has 0 bridgehead atoms. The van der Waals surface area contributed by atoms with Gasteiger partial charge in [0.1, 0.15) is 11.4 Å². The normalized spacial score (nSPS) is 13.7. The van der Waals surface area contributed by atoms with E-state index in [9.17, 15) is 4.79 Å². The molecule has 1 amide bonds. The molecule has 0 aliphatic carbocycles. The summed E-state index contributed by atoms with van der Waals surface area (Å²) in [5, 5.41) is 5.44. The van der Waals surface area contributed by atoms with Crippen molar-refractivity contribution < 1.29 is 9.53 Å². The Hall–Kier alpha value is -3.77. The molecule has 0 spiro atoms. The topological polar surface area (TPSA) is 50.6 Å². The first-order valence-electron chi connectivity index (χ1n) is 12.1. The number of para-hydroxylation sites is 2. The van der Waals surface area contributed by atoms with Crippen LogP contribution in [-0.2, 0) is 0 Å². The predicted molar refractivity (Wildman–Crippen MR) is 145 cm³/mol. The number of hydrogen-bond acceptors (Lipinski definition) is 4. The summed E-state index contributed by atoms with van der Waals surface area (Å²) in [6, 6.07) is 23.6. The summed E-state index contributed by atoms with van der Waals surface area (Å²) in [5.41, 5.74) is 6.48. The third kappa shape index (κ3) is 4.69. The van der Waals surface area contributed by atoms with Crippen LogP contribution in [0.15, 0.2) is 72.8 Å². The Morgan fingerprint density at radius 3 is 2.39 bits per heavy atom. The molecule has 0 radical (unpaired) electrons. The van der Waals surface area contributed by atoms with E-state index >= 15 is 0 Å². The average molecular weight is 501 g/mol. The van der Waals surface area contributed by atoms with Gasteiger partial charge in [0.05, 0.1) is 24.2 Å². The van der Waals surface area contributed by atoms with Crippen molar-refractivity contribution in [3.63, 3.8) is 0 Å². The van der Waals surface area contributed by atoms with Gasteiger partial charge in [-0.25, -0.2) is 4.68 Å². The zero-order chi connectivity index (χ0) is 25.2. The minimum Gasteiger partial charge on any atom is -0.495 e.